The van der Waals surface area contributed by atoms with Crippen LogP contribution in [0.2, 0.25) is 0 Å². The average molecular weight is 342 g/mol. The fraction of sp³-hybridized carbons (Fsp3) is 0.500. The molecule has 0 amide bonds. The first-order valence-electron chi connectivity index (χ1n) is 7.47. The number of hydrogen-bond donors (Lipinski definition) is 0. The summed E-state index contributed by atoms with van der Waals surface area (Å²) in [6.45, 7) is 0.166. The SMILES string of the molecule is COC1(OC)CC(Cn2c(=O)c(C(F)(F)F)nc3ccccc32)C1. The molecule has 130 valence electrons. The maximum atomic E-state index is 13.1. The topological polar surface area (TPSA) is 53.4 Å². The van der Waals surface area contributed by atoms with Crippen LogP contribution >= 0.6 is 0 Å². The van der Waals surface area contributed by atoms with Crippen molar-refractivity contribution in [3.63, 3.8) is 0 Å². The Kier molecular flexibility index (Phi) is 4.13. The van der Waals surface area contributed by atoms with E-state index in [2.05, 4.69) is 4.98 Å². The summed E-state index contributed by atoms with van der Waals surface area (Å²) in [5.41, 5.74) is -1.96. The summed E-state index contributed by atoms with van der Waals surface area (Å²) < 4.78 is 51.0. The van der Waals surface area contributed by atoms with Crippen molar-refractivity contribution in [2.24, 2.45) is 5.92 Å². The van der Waals surface area contributed by atoms with Gasteiger partial charge in [-0.25, -0.2) is 4.98 Å². The highest BCUT2D eigenvalue weighted by Gasteiger charge is 2.45. The lowest BCUT2D eigenvalue weighted by Crippen LogP contribution is -2.49. The third kappa shape index (κ3) is 2.80. The van der Waals surface area contributed by atoms with E-state index in [1.54, 1.807) is 18.2 Å². The van der Waals surface area contributed by atoms with Crippen LogP contribution < -0.4 is 5.56 Å². The molecule has 0 aliphatic heterocycles. The lowest BCUT2D eigenvalue weighted by atomic mass is 9.78. The lowest BCUT2D eigenvalue weighted by molar-refractivity contribution is -0.271. The third-order valence-electron chi connectivity index (χ3n) is 4.51. The maximum absolute atomic E-state index is 13.1. The Hall–Kier alpha value is -1.93. The number of aromatic nitrogens is 2. The predicted molar refractivity (Wildman–Crippen MR) is 80.5 cm³/mol. The molecule has 0 unspecified atom stereocenters. The van der Waals surface area contributed by atoms with E-state index >= 15 is 0 Å². The van der Waals surface area contributed by atoms with E-state index in [4.69, 9.17) is 9.47 Å². The van der Waals surface area contributed by atoms with Crippen LogP contribution in [0, 0.1) is 5.92 Å². The monoisotopic (exact) mass is 342 g/mol. The zero-order valence-electron chi connectivity index (χ0n) is 13.3. The van der Waals surface area contributed by atoms with Crippen molar-refractivity contribution in [1.29, 1.82) is 0 Å². The van der Waals surface area contributed by atoms with Crippen LogP contribution in [0.15, 0.2) is 29.1 Å². The summed E-state index contributed by atoms with van der Waals surface area (Å²) in [5, 5.41) is 0. The second-order valence-electron chi connectivity index (χ2n) is 5.96. The van der Waals surface area contributed by atoms with E-state index in [0.717, 1.165) is 4.57 Å². The summed E-state index contributed by atoms with van der Waals surface area (Å²) in [6, 6.07) is 6.33. The number of fused-ring (bicyclic) bond motifs is 1. The minimum atomic E-state index is -4.79. The summed E-state index contributed by atoms with van der Waals surface area (Å²) in [5.74, 6) is -0.710. The molecule has 1 aromatic heterocycles. The van der Waals surface area contributed by atoms with Gasteiger partial charge in [0.05, 0.1) is 11.0 Å². The number of para-hydroxylation sites is 2. The number of nitrogens with zero attached hydrogens (tertiary/aromatic N) is 2. The van der Waals surface area contributed by atoms with Gasteiger partial charge in [-0.3, -0.25) is 4.79 Å². The minimum Gasteiger partial charge on any atom is -0.353 e. The largest absolute Gasteiger partial charge is 0.438 e. The van der Waals surface area contributed by atoms with Gasteiger partial charge in [-0.2, -0.15) is 13.2 Å². The molecule has 1 aliphatic carbocycles. The highest BCUT2D eigenvalue weighted by Crippen LogP contribution is 2.42. The molecular formula is C16H17F3N2O3. The molecular weight excluding hydrogens is 325 g/mol. The Morgan fingerprint density at radius 2 is 1.88 bits per heavy atom. The van der Waals surface area contributed by atoms with Crippen molar-refractivity contribution in [3.8, 4) is 0 Å². The Labute approximate surface area is 136 Å². The fourth-order valence-corrected chi connectivity index (χ4v) is 3.18. The van der Waals surface area contributed by atoms with Crippen LogP contribution in [0.5, 0.6) is 0 Å². The van der Waals surface area contributed by atoms with E-state index in [0.29, 0.717) is 18.4 Å². The highest BCUT2D eigenvalue weighted by molar-refractivity contribution is 5.74. The third-order valence-corrected chi connectivity index (χ3v) is 4.51. The molecule has 0 N–H and O–H groups in total. The average Bonchev–Trinajstić information content (AvgIpc) is 2.51. The lowest BCUT2D eigenvalue weighted by Gasteiger charge is -2.45. The molecule has 5 nitrogen and oxygen atoms in total. The fourth-order valence-electron chi connectivity index (χ4n) is 3.18. The van der Waals surface area contributed by atoms with Gasteiger partial charge in [0, 0.05) is 33.6 Å². The molecule has 1 fully saturated rings. The van der Waals surface area contributed by atoms with E-state index < -0.39 is 23.2 Å². The minimum absolute atomic E-state index is 0.00510. The molecule has 1 saturated carbocycles. The summed E-state index contributed by atoms with van der Waals surface area (Å²) >= 11 is 0. The number of ether oxygens (including phenoxy) is 2. The summed E-state index contributed by atoms with van der Waals surface area (Å²) in [7, 11) is 3.05. The number of benzene rings is 1. The number of halogens is 3. The summed E-state index contributed by atoms with van der Waals surface area (Å²) in [6.07, 6.45) is -3.75. The van der Waals surface area contributed by atoms with Crippen LogP contribution in [0.25, 0.3) is 11.0 Å². The van der Waals surface area contributed by atoms with Gasteiger partial charge in [-0.05, 0) is 18.1 Å². The van der Waals surface area contributed by atoms with Crippen molar-refractivity contribution < 1.29 is 22.6 Å². The van der Waals surface area contributed by atoms with Gasteiger partial charge in [-0.15, -0.1) is 0 Å². The second-order valence-corrected chi connectivity index (χ2v) is 5.96. The van der Waals surface area contributed by atoms with Crippen LogP contribution in [0.1, 0.15) is 18.5 Å². The molecule has 0 spiro atoms. The molecule has 1 heterocycles. The Morgan fingerprint density at radius 3 is 2.46 bits per heavy atom. The van der Waals surface area contributed by atoms with Crippen LogP contribution in [-0.4, -0.2) is 29.6 Å². The van der Waals surface area contributed by atoms with Gasteiger partial charge in [0.1, 0.15) is 0 Å². The predicted octanol–water partition coefficient (Wildman–Crippen LogP) is 2.81. The Bertz CT molecular complexity index is 804. The molecule has 8 heteroatoms. The number of rotatable bonds is 4. The van der Waals surface area contributed by atoms with E-state index in [9.17, 15) is 18.0 Å². The smallest absolute Gasteiger partial charge is 0.353 e. The van der Waals surface area contributed by atoms with Crippen molar-refractivity contribution in [3.05, 3.63) is 40.3 Å². The molecule has 1 aliphatic rings. The summed E-state index contributed by atoms with van der Waals surface area (Å²) in [4.78, 5) is 15.8. The highest BCUT2D eigenvalue weighted by atomic mass is 19.4. The van der Waals surface area contributed by atoms with Gasteiger partial charge in [-0.1, -0.05) is 12.1 Å². The molecule has 0 saturated heterocycles. The first kappa shape index (κ1) is 16.9. The zero-order chi connectivity index (χ0) is 17.5. The first-order chi connectivity index (χ1) is 11.3. The molecule has 0 bridgehead atoms. The molecule has 3 rings (SSSR count). The van der Waals surface area contributed by atoms with Gasteiger partial charge in [0.25, 0.3) is 5.56 Å². The van der Waals surface area contributed by atoms with Crippen LogP contribution in [-0.2, 0) is 22.2 Å². The number of hydrogen-bond acceptors (Lipinski definition) is 4. The zero-order valence-corrected chi connectivity index (χ0v) is 13.3. The maximum Gasteiger partial charge on any atom is 0.438 e. The van der Waals surface area contributed by atoms with Crippen molar-refractivity contribution >= 4 is 11.0 Å². The Balaban J connectivity index is 2.01. The molecule has 1 aromatic carbocycles. The first-order valence-corrected chi connectivity index (χ1v) is 7.47. The van der Waals surface area contributed by atoms with Crippen molar-refractivity contribution in [1.82, 2.24) is 9.55 Å². The van der Waals surface area contributed by atoms with Crippen molar-refractivity contribution in [2.45, 2.75) is 31.3 Å². The van der Waals surface area contributed by atoms with Crippen LogP contribution in [0.3, 0.4) is 0 Å². The molecule has 0 atom stereocenters. The normalized spacial score (nSPS) is 17.9. The molecule has 24 heavy (non-hydrogen) atoms. The standard InChI is InChI=1S/C16H17F3N2O3/c1-23-15(24-2)7-10(8-15)9-21-12-6-4-3-5-11(12)20-13(14(21)22)16(17,18)19/h3-6,10H,7-9H2,1-2H3. The van der Waals surface area contributed by atoms with E-state index in [-0.39, 0.29) is 18.0 Å². The second kappa shape index (κ2) is 5.86. The van der Waals surface area contributed by atoms with Gasteiger partial charge in [0.2, 0.25) is 5.69 Å². The van der Waals surface area contributed by atoms with Gasteiger partial charge >= 0.3 is 6.18 Å². The van der Waals surface area contributed by atoms with E-state index in [1.165, 1.54) is 20.3 Å². The van der Waals surface area contributed by atoms with Gasteiger partial charge < -0.3 is 14.0 Å². The van der Waals surface area contributed by atoms with Crippen molar-refractivity contribution in [2.75, 3.05) is 14.2 Å². The van der Waals surface area contributed by atoms with Gasteiger partial charge in [0.15, 0.2) is 5.79 Å². The number of alkyl halides is 3. The number of methoxy groups -OCH3 is 2. The quantitative estimate of drug-likeness (QED) is 0.802. The molecule has 0 radical (unpaired) electrons. The van der Waals surface area contributed by atoms with Crippen LogP contribution in [0.4, 0.5) is 13.2 Å². The Morgan fingerprint density at radius 1 is 1.25 bits per heavy atom. The molecule has 2 aromatic rings. The van der Waals surface area contributed by atoms with E-state index in [1.807, 2.05) is 0 Å².